The van der Waals surface area contributed by atoms with E-state index in [1.807, 2.05) is 20.8 Å². The van der Waals surface area contributed by atoms with Gasteiger partial charge in [-0.25, -0.2) is 4.79 Å². The Labute approximate surface area is 144 Å². The average molecular weight is 342 g/mol. The lowest BCUT2D eigenvalue weighted by Crippen LogP contribution is -2.51. The molecular weight excluding hydrogens is 312 g/mol. The van der Waals surface area contributed by atoms with E-state index < -0.39 is 35.2 Å². The number of carbonyl (C=O) groups is 3. The van der Waals surface area contributed by atoms with Crippen LogP contribution in [0.5, 0.6) is 0 Å². The molecule has 0 aliphatic carbocycles. The molecule has 0 heterocycles. The van der Waals surface area contributed by atoms with Gasteiger partial charge in [0.15, 0.2) is 5.78 Å². The SMILES string of the molecule is CCO[C@H](C(=O)N[C@@H](CCC(=O)C=N)C(=O)OC(C)C)C(C)(C)C. The van der Waals surface area contributed by atoms with Gasteiger partial charge in [-0.15, -0.1) is 0 Å². The second-order valence-corrected chi connectivity index (χ2v) is 6.90. The third-order valence-corrected chi connectivity index (χ3v) is 3.15. The van der Waals surface area contributed by atoms with E-state index in [0.717, 1.165) is 0 Å². The molecule has 0 aromatic rings. The minimum absolute atomic E-state index is 0.0174. The zero-order valence-corrected chi connectivity index (χ0v) is 15.5. The van der Waals surface area contributed by atoms with Crippen LogP contribution in [0.4, 0.5) is 0 Å². The maximum atomic E-state index is 12.5. The molecule has 1 amide bonds. The normalized spacial score (nSPS) is 14.0. The van der Waals surface area contributed by atoms with Crippen molar-refractivity contribution in [2.45, 2.75) is 72.6 Å². The van der Waals surface area contributed by atoms with Gasteiger partial charge >= 0.3 is 5.97 Å². The number of ether oxygens (including phenoxy) is 2. The van der Waals surface area contributed by atoms with Crippen LogP contribution in [0.3, 0.4) is 0 Å². The molecule has 0 aliphatic rings. The lowest BCUT2D eigenvalue weighted by molar-refractivity contribution is -0.154. The van der Waals surface area contributed by atoms with Crippen LogP contribution in [0.1, 0.15) is 54.4 Å². The van der Waals surface area contributed by atoms with Crippen LogP contribution in [0.15, 0.2) is 0 Å². The fraction of sp³-hybridized carbons (Fsp3) is 0.765. The van der Waals surface area contributed by atoms with Crippen LogP contribution < -0.4 is 5.32 Å². The molecule has 0 saturated heterocycles. The second kappa shape index (κ2) is 10.2. The first-order chi connectivity index (χ1) is 11.0. The highest BCUT2D eigenvalue weighted by atomic mass is 16.5. The summed E-state index contributed by atoms with van der Waals surface area (Å²) in [5.74, 6) is -1.43. The van der Waals surface area contributed by atoms with Gasteiger partial charge in [0.1, 0.15) is 12.1 Å². The predicted molar refractivity (Wildman–Crippen MR) is 91.1 cm³/mol. The molecule has 2 N–H and O–H groups in total. The number of carbonyl (C=O) groups excluding carboxylic acids is 3. The van der Waals surface area contributed by atoms with E-state index in [1.165, 1.54) is 0 Å². The molecule has 0 saturated carbocycles. The summed E-state index contributed by atoms with van der Waals surface area (Å²) in [7, 11) is 0. The Bertz CT molecular complexity index is 454. The highest BCUT2D eigenvalue weighted by Gasteiger charge is 2.34. The van der Waals surface area contributed by atoms with Crippen molar-refractivity contribution in [3.8, 4) is 0 Å². The lowest BCUT2D eigenvalue weighted by atomic mass is 9.88. The number of nitrogens with one attached hydrogen (secondary N) is 2. The molecule has 0 rings (SSSR count). The minimum atomic E-state index is -0.950. The van der Waals surface area contributed by atoms with Crippen molar-refractivity contribution in [2.75, 3.05) is 6.61 Å². The number of esters is 1. The molecule has 0 unspecified atom stereocenters. The zero-order chi connectivity index (χ0) is 18.9. The average Bonchev–Trinajstić information content (AvgIpc) is 2.46. The summed E-state index contributed by atoms with van der Waals surface area (Å²) in [5.41, 5.74) is -0.447. The van der Waals surface area contributed by atoms with E-state index in [4.69, 9.17) is 14.9 Å². The van der Waals surface area contributed by atoms with Crippen LogP contribution in [0.2, 0.25) is 0 Å². The second-order valence-electron chi connectivity index (χ2n) is 6.90. The van der Waals surface area contributed by atoms with E-state index in [1.54, 1.807) is 20.8 Å². The monoisotopic (exact) mass is 342 g/mol. The molecule has 7 heteroatoms. The summed E-state index contributed by atoms with van der Waals surface area (Å²) in [6, 6.07) is -0.950. The molecule has 2 atom stereocenters. The third kappa shape index (κ3) is 8.19. The first-order valence-corrected chi connectivity index (χ1v) is 8.18. The van der Waals surface area contributed by atoms with Crippen LogP contribution in [0, 0.1) is 10.8 Å². The number of rotatable bonds is 10. The molecule has 0 aromatic carbocycles. The van der Waals surface area contributed by atoms with Crippen molar-refractivity contribution >= 4 is 23.9 Å². The van der Waals surface area contributed by atoms with Gasteiger partial charge in [-0.3, -0.25) is 9.59 Å². The van der Waals surface area contributed by atoms with Gasteiger partial charge in [-0.1, -0.05) is 20.8 Å². The van der Waals surface area contributed by atoms with E-state index in [9.17, 15) is 14.4 Å². The minimum Gasteiger partial charge on any atom is -0.461 e. The number of hydrogen-bond donors (Lipinski definition) is 2. The van der Waals surface area contributed by atoms with E-state index in [2.05, 4.69) is 5.32 Å². The maximum absolute atomic E-state index is 12.5. The first-order valence-electron chi connectivity index (χ1n) is 8.18. The summed E-state index contributed by atoms with van der Waals surface area (Å²) in [5, 5.41) is 9.55. The van der Waals surface area contributed by atoms with Gasteiger partial charge in [0.05, 0.1) is 12.3 Å². The summed E-state index contributed by atoms with van der Waals surface area (Å²) in [6.45, 7) is 11.2. The summed E-state index contributed by atoms with van der Waals surface area (Å²) in [4.78, 5) is 36.0. The van der Waals surface area contributed by atoms with Gasteiger partial charge in [0, 0.05) is 13.0 Å². The number of hydrogen-bond acceptors (Lipinski definition) is 6. The molecule has 24 heavy (non-hydrogen) atoms. The van der Waals surface area contributed by atoms with Crippen molar-refractivity contribution in [2.24, 2.45) is 5.41 Å². The number of ketones is 1. The molecule has 0 fully saturated rings. The summed E-state index contributed by atoms with van der Waals surface area (Å²) < 4.78 is 10.7. The van der Waals surface area contributed by atoms with Crippen molar-refractivity contribution in [3.63, 3.8) is 0 Å². The van der Waals surface area contributed by atoms with Crippen LogP contribution >= 0.6 is 0 Å². The Balaban J connectivity index is 5.12. The van der Waals surface area contributed by atoms with Crippen molar-refractivity contribution in [3.05, 3.63) is 0 Å². The van der Waals surface area contributed by atoms with Gasteiger partial charge in [0.25, 0.3) is 0 Å². The Morgan fingerprint density at radius 3 is 2.21 bits per heavy atom. The molecule has 0 bridgehead atoms. The van der Waals surface area contributed by atoms with Gasteiger partial charge in [0.2, 0.25) is 5.91 Å². The molecule has 0 aromatic heterocycles. The highest BCUT2D eigenvalue weighted by molar-refractivity contribution is 6.26. The highest BCUT2D eigenvalue weighted by Crippen LogP contribution is 2.23. The van der Waals surface area contributed by atoms with E-state index in [-0.39, 0.29) is 18.9 Å². The Hall–Kier alpha value is -1.76. The van der Waals surface area contributed by atoms with Gasteiger partial charge < -0.3 is 20.2 Å². The van der Waals surface area contributed by atoms with Gasteiger partial charge in [-0.05, 0) is 32.6 Å². The molecule has 0 aliphatic heterocycles. The first kappa shape index (κ1) is 22.2. The quantitative estimate of drug-likeness (QED) is 0.466. The maximum Gasteiger partial charge on any atom is 0.328 e. The molecule has 0 radical (unpaired) electrons. The zero-order valence-electron chi connectivity index (χ0n) is 15.5. The van der Waals surface area contributed by atoms with Crippen LogP contribution in [0.25, 0.3) is 0 Å². The Morgan fingerprint density at radius 2 is 1.79 bits per heavy atom. The third-order valence-electron chi connectivity index (χ3n) is 3.15. The molecule has 7 nitrogen and oxygen atoms in total. The predicted octanol–water partition coefficient (Wildman–Crippen LogP) is 1.87. The fourth-order valence-corrected chi connectivity index (χ4v) is 2.06. The number of Topliss-reactive ketones (excluding diaryl/α,β-unsaturated/α-hetero) is 1. The molecular formula is C17H30N2O5. The molecule has 0 spiro atoms. The number of amides is 1. The summed E-state index contributed by atoms with van der Waals surface area (Å²) >= 11 is 0. The topological polar surface area (TPSA) is 106 Å². The van der Waals surface area contributed by atoms with Crippen LogP contribution in [-0.4, -0.2) is 48.7 Å². The smallest absolute Gasteiger partial charge is 0.328 e. The van der Waals surface area contributed by atoms with E-state index in [0.29, 0.717) is 12.8 Å². The fourth-order valence-electron chi connectivity index (χ4n) is 2.06. The Morgan fingerprint density at radius 1 is 1.21 bits per heavy atom. The largest absolute Gasteiger partial charge is 0.461 e. The summed E-state index contributed by atoms with van der Waals surface area (Å²) in [6.07, 6.45) is -0.300. The van der Waals surface area contributed by atoms with E-state index >= 15 is 0 Å². The van der Waals surface area contributed by atoms with Crippen molar-refractivity contribution in [1.82, 2.24) is 5.32 Å². The molecule has 138 valence electrons. The van der Waals surface area contributed by atoms with Crippen molar-refractivity contribution in [1.29, 1.82) is 5.41 Å². The van der Waals surface area contributed by atoms with Crippen LogP contribution in [-0.2, 0) is 23.9 Å². The lowest BCUT2D eigenvalue weighted by Gasteiger charge is -2.30. The Kier molecular flexibility index (Phi) is 9.43. The standard InChI is InChI=1S/C17H30N2O5/c1-7-23-14(17(4,5)6)15(21)19-13(9-8-12(20)10-18)16(22)24-11(2)3/h10-11,13-14,18H,7-9H2,1-6H3,(H,19,21)/t13-,14+/m0/s1. The van der Waals surface area contributed by atoms with Gasteiger partial charge in [-0.2, -0.15) is 0 Å². The van der Waals surface area contributed by atoms with Crippen molar-refractivity contribution < 1.29 is 23.9 Å².